The van der Waals surface area contributed by atoms with E-state index in [0.29, 0.717) is 5.41 Å². The third-order valence-corrected chi connectivity index (χ3v) is 3.97. The van der Waals surface area contributed by atoms with Crippen LogP contribution in [0, 0.1) is 5.41 Å². The van der Waals surface area contributed by atoms with E-state index in [2.05, 4.69) is 31.0 Å². The number of hydrogen-bond acceptors (Lipinski definition) is 3. The highest BCUT2D eigenvalue weighted by molar-refractivity contribution is 4.89. The maximum atomic E-state index is 9.99. The predicted molar refractivity (Wildman–Crippen MR) is 73.2 cm³/mol. The second-order valence-corrected chi connectivity index (χ2v) is 6.30. The van der Waals surface area contributed by atoms with E-state index < -0.39 is 5.60 Å². The predicted octanol–water partition coefficient (Wildman–Crippen LogP) is 1.86. The van der Waals surface area contributed by atoms with Crippen LogP contribution in [0.25, 0.3) is 0 Å². The van der Waals surface area contributed by atoms with Gasteiger partial charge in [-0.1, -0.05) is 20.8 Å². The highest BCUT2D eigenvalue weighted by atomic mass is 16.3. The standard InChI is InChI=1S/C14H30N2O/c1-5-8-15-10-13(3,6-2)11-16-9-7-14(4,17)12-16/h15,17H,5-12H2,1-4H3. The molecule has 0 radical (unpaired) electrons. The van der Waals surface area contributed by atoms with Crippen molar-refractivity contribution in [2.45, 2.75) is 52.6 Å². The molecule has 1 aliphatic rings. The summed E-state index contributed by atoms with van der Waals surface area (Å²) in [6, 6.07) is 0. The van der Waals surface area contributed by atoms with Crippen molar-refractivity contribution < 1.29 is 5.11 Å². The molecule has 2 atom stereocenters. The number of aliphatic hydroxyl groups is 1. The molecule has 1 fully saturated rings. The van der Waals surface area contributed by atoms with E-state index >= 15 is 0 Å². The van der Waals surface area contributed by atoms with Crippen LogP contribution in [0.4, 0.5) is 0 Å². The number of nitrogens with zero attached hydrogens (tertiary/aromatic N) is 1. The van der Waals surface area contributed by atoms with Gasteiger partial charge in [-0.2, -0.15) is 0 Å². The molecule has 2 unspecified atom stereocenters. The summed E-state index contributed by atoms with van der Waals surface area (Å²) < 4.78 is 0. The first-order valence-corrected chi connectivity index (χ1v) is 7.06. The second kappa shape index (κ2) is 6.17. The Hall–Kier alpha value is -0.120. The number of rotatable bonds is 7. The van der Waals surface area contributed by atoms with E-state index in [0.717, 1.165) is 39.1 Å². The zero-order valence-corrected chi connectivity index (χ0v) is 12.1. The summed E-state index contributed by atoms with van der Waals surface area (Å²) in [5.41, 5.74) is -0.138. The van der Waals surface area contributed by atoms with Crippen LogP contribution in [0.2, 0.25) is 0 Å². The van der Waals surface area contributed by atoms with Crippen LogP contribution in [-0.4, -0.2) is 48.3 Å². The van der Waals surface area contributed by atoms with Crippen molar-refractivity contribution in [2.24, 2.45) is 5.41 Å². The van der Waals surface area contributed by atoms with Crippen LogP contribution in [0.1, 0.15) is 47.0 Å². The van der Waals surface area contributed by atoms with Gasteiger partial charge in [0, 0.05) is 26.2 Å². The fourth-order valence-electron chi connectivity index (χ4n) is 2.57. The van der Waals surface area contributed by atoms with Crippen molar-refractivity contribution in [1.29, 1.82) is 0 Å². The molecule has 0 aromatic carbocycles. The van der Waals surface area contributed by atoms with Gasteiger partial charge in [-0.25, -0.2) is 0 Å². The first-order valence-electron chi connectivity index (χ1n) is 7.06. The molecule has 102 valence electrons. The van der Waals surface area contributed by atoms with Gasteiger partial charge >= 0.3 is 0 Å². The largest absolute Gasteiger partial charge is 0.389 e. The molecule has 0 spiro atoms. The van der Waals surface area contributed by atoms with Crippen molar-refractivity contribution in [2.75, 3.05) is 32.7 Å². The summed E-state index contributed by atoms with van der Waals surface area (Å²) in [7, 11) is 0. The molecule has 0 aliphatic carbocycles. The summed E-state index contributed by atoms with van der Waals surface area (Å²) in [6.07, 6.45) is 3.29. The quantitative estimate of drug-likeness (QED) is 0.669. The smallest absolute Gasteiger partial charge is 0.0758 e. The maximum absolute atomic E-state index is 9.99. The third-order valence-electron chi connectivity index (χ3n) is 3.97. The van der Waals surface area contributed by atoms with E-state index in [1.54, 1.807) is 0 Å². The average molecular weight is 242 g/mol. The molecule has 3 heteroatoms. The lowest BCUT2D eigenvalue weighted by atomic mass is 9.86. The highest BCUT2D eigenvalue weighted by Gasteiger charge is 2.34. The molecule has 17 heavy (non-hydrogen) atoms. The van der Waals surface area contributed by atoms with E-state index in [1.165, 1.54) is 12.8 Å². The number of likely N-dealkylation sites (tertiary alicyclic amines) is 1. The van der Waals surface area contributed by atoms with Crippen LogP contribution in [0.15, 0.2) is 0 Å². The Morgan fingerprint density at radius 1 is 1.41 bits per heavy atom. The topological polar surface area (TPSA) is 35.5 Å². The molecule has 2 N–H and O–H groups in total. The zero-order valence-electron chi connectivity index (χ0n) is 12.1. The van der Waals surface area contributed by atoms with E-state index in [9.17, 15) is 5.11 Å². The molecular weight excluding hydrogens is 212 g/mol. The average Bonchev–Trinajstić information content (AvgIpc) is 2.58. The first kappa shape index (κ1) is 14.9. The van der Waals surface area contributed by atoms with Crippen LogP contribution in [0.5, 0.6) is 0 Å². The van der Waals surface area contributed by atoms with Gasteiger partial charge in [0.25, 0.3) is 0 Å². The second-order valence-electron chi connectivity index (χ2n) is 6.30. The molecule has 1 heterocycles. The van der Waals surface area contributed by atoms with Crippen molar-refractivity contribution in [3.8, 4) is 0 Å². The first-order chi connectivity index (χ1) is 7.91. The van der Waals surface area contributed by atoms with E-state index in [4.69, 9.17) is 0 Å². The van der Waals surface area contributed by atoms with Crippen molar-refractivity contribution in [3.63, 3.8) is 0 Å². The lowest BCUT2D eigenvalue weighted by molar-refractivity contribution is 0.0614. The van der Waals surface area contributed by atoms with Crippen molar-refractivity contribution in [3.05, 3.63) is 0 Å². The van der Waals surface area contributed by atoms with Crippen LogP contribution < -0.4 is 5.32 Å². The molecule has 0 aromatic rings. The summed E-state index contributed by atoms with van der Waals surface area (Å²) in [6.45, 7) is 13.9. The normalized spacial score (nSPS) is 29.5. The third kappa shape index (κ3) is 4.94. The lowest BCUT2D eigenvalue weighted by Gasteiger charge is -2.33. The Bertz CT molecular complexity index is 230. The maximum Gasteiger partial charge on any atom is 0.0758 e. The monoisotopic (exact) mass is 242 g/mol. The molecular formula is C14H30N2O. The van der Waals surface area contributed by atoms with Crippen molar-refractivity contribution >= 4 is 0 Å². The van der Waals surface area contributed by atoms with Gasteiger partial charge in [-0.15, -0.1) is 0 Å². The fourth-order valence-corrected chi connectivity index (χ4v) is 2.57. The Balaban J connectivity index is 2.40. The number of β-amino-alcohol motifs (C(OH)–C–C–N with tert-alkyl or cyclic N) is 1. The molecule has 0 aromatic heterocycles. The van der Waals surface area contributed by atoms with E-state index in [1.807, 2.05) is 6.92 Å². The molecule has 0 amide bonds. The number of hydrogen-bond donors (Lipinski definition) is 2. The molecule has 0 bridgehead atoms. The van der Waals surface area contributed by atoms with Gasteiger partial charge in [0.15, 0.2) is 0 Å². The Morgan fingerprint density at radius 3 is 2.59 bits per heavy atom. The van der Waals surface area contributed by atoms with Gasteiger partial charge in [-0.3, -0.25) is 4.90 Å². The molecule has 0 saturated carbocycles. The lowest BCUT2D eigenvalue weighted by Crippen LogP contribution is -2.42. The summed E-state index contributed by atoms with van der Waals surface area (Å²) in [5.74, 6) is 0. The minimum atomic E-state index is -0.467. The van der Waals surface area contributed by atoms with Crippen molar-refractivity contribution in [1.82, 2.24) is 10.2 Å². The minimum absolute atomic E-state index is 0.329. The minimum Gasteiger partial charge on any atom is -0.389 e. The van der Waals surface area contributed by atoms with E-state index in [-0.39, 0.29) is 0 Å². The highest BCUT2D eigenvalue weighted by Crippen LogP contribution is 2.27. The van der Waals surface area contributed by atoms with Crippen LogP contribution >= 0.6 is 0 Å². The Kier molecular flexibility index (Phi) is 5.42. The van der Waals surface area contributed by atoms with Gasteiger partial charge in [-0.05, 0) is 38.1 Å². The zero-order chi connectivity index (χ0) is 12.9. The SMILES string of the molecule is CCCNCC(C)(CC)CN1CCC(C)(O)C1. The molecule has 1 aliphatic heterocycles. The fraction of sp³-hybridized carbons (Fsp3) is 1.00. The summed E-state index contributed by atoms with van der Waals surface area (Å²) in [5, 5.41) is 13.5. The molecule has 1 saturated heterocycles. The molecule has 3 nitrogen and oxygen atoms in total. The van der Waals surface area contributed by atoms with Gasteiger partial charge in [0.05, 0.1) is 5.60 Å². The Morgan fingerprint density at radius 2 is 2.12 bits per heavy atom. The Labute approximate surface area is 107 Å². The summed E-state index contributed by atoms with van der Waals surface area (Å²) in [4.78, 5) is 2.41. The van der Waals surface area contributed by atoms with Crippen LogP contribution in [0.3, 0.4) is 0 Å². The van der Waals surface area contributed by atoms with Crippen LogP contribution in [-0.2, 0) is 0 Å². The van der Waals surface area contributed by atoms with Gasteiger partial charge < -0.3 is 10.4 Å². The van der Waals surface area contributed by atoms with Gasteiger partial charge in [0.1, 0.15) is 0 Å². The molecule has 1 rings (SSSR count). The number of nitrogens with one attached hydrogen (secondary N) is 1. The summed E-state index contributed by atoms with van der Waals surface area (Å²) >= 11 is 0. The van der Waals surface area contributed by atoms with Gasteiger partial charge in [0.2, 0.25) is 0 Å².